The maximum Gasteiger partial charge on any atom is 0.472 e. The summed E-state index contributed by atoms with van der Waals surface area (Å²) in [4.78, 5) is 36.0. The van der Waals surface area contributed by atoms with Gasteiger partial charge in [0, 0.05) is 12.8 Å². The van der Waals surface area contributed by atoms with Gasteiger partial charge < -0.3 is 18.9 Å². The number of ether oxygens (including phenoxy) is 2. The molecule has 0 saturated heterocycles. The Labute approximate surface area is 560 Å². The summed E-state index contributed by atoms with van der Waals surface area (Å²) in [5.41, 5.74) is 0. The van der Waals surface area contributed by atoms with Gasteiger partial charge >= 0.3 is 19.8 Å². The number of carbonyl (C=O) groups excluding carboxylic acids is 2. The van der Waals surface area contributed by atoms with Gasteiger partial charge in [0.2, 0.25) is 0 Å². The fourth-order valence-corrected chi connectivity index (χ4v) is 12.6. The van der Waals surface area contributed by atoms with Crippen LogP contribution in [0.2, 0.25) is 0 Å². The first kappa shape index (κ1) is 88.0. The van der Waals surface area contributed by atoms with Crippen molar-refractivity contribution in [3.63, 3.8) is 0 Å². The molecule has 10 heteroatoms. The number of carbonyl (C=O) groups is 2. The Morgan fingerprint density at radius 3 is 0.944 bits per heavy atom. The van der Waals surface area contributed by atoms with Crippen LogP contribution < -0.4 is 0 Å². The van der Waals surface area contributed by atoms with E-state index in [-0.39, 0.29) is 25.6 Å². The summed E-state index contributed by atoms with van der Waals surface area (Å²) < 4.78 is 34.8. The molecule has 0 aliphatic carbocycles. The number of nitrogens with zero attached hydrogens (tertiary/aromatic N) is 1. The Morgan fingerprint density at radius 1 is 0.356 bits per heavy atom. The van der Waals surface area contributed by atoms with Crippen LogP contribution in [-0.4, -0.2) is 74.9 Å². The van der Waals surface area contributed by atoms with Gasteiger partial charge in [-0.15, -0.1) is 0 Å². The molecular formula is C80H153NO8P+. The van der Waals surface area contributed by atoms with Crippen molar-refractivity contribution in [2.75, 3.05) is 47.5 Å². The van der Waals surface area contributed by atoms with Gasteiger partial charge in [-0.1, -0.05) is 383 Å². The first-order valence-electron chi connectivity index (χ1n) is 39.4. The molecule has 9 nitrogen and oxygen atoms in total. The zero-order valence-corrected chi connectivity index (χ0v) is 61.5. The van der Waals surface area contributed by atoms with Crippen molar-refractivity contribution in [2.45, 2.75) is 405 Å². The number of phosphoric acid groups is 1. The lowest BCUT2D eigenvalue weighted by Crippen LogP contribution is -2.37. The van der Waals surface area contributed by atoms with Crippen LogP contribution in [0, 0.1) is 0 Å². The average Bonchev–Trinajstić information content (AvgIpc) is 3.58. The molecule has 530 valence electrons. The Bertz CT molecular complexity index is 1660. The fraction of sp³-hybridized carbons (Fsp3) is 0.875. The second-order valence-electron chi connectivity index (χ2n) is 28.1. The second-order valence-corrected chi connectivity index (χ2v) is 29.5. The van der Waals surface area contributed by atoms with Crippen molar-refractivity contribution in [1.29, 1.82) is 0 Å². The third-order valence-electron chi connectivity index (χ3n) is 17.9. The maximum atomic E-state index is 12.9. The Kier molecular flexibility index (Phi) is 69.7. The minimum absolute atomic E-state index is 0.0353. The lowest BCUT2D eigenvalue weighted by Gasteiger charge is -2.24. The molecule has 0 amide bonds. The standard InChI is InChI=1S/C80H152NO8P/c1-6-8-10-12-14-16-18-20-22-24-26-28-30-32-34-36-37-38-39-40-41-42-43-45-47-49-51-53-55-57-59-61-63-65-67-69-71-73-80(83)89-78(77-88-90(84,85)87-75-74-81(3,4)5)76-86-79(82)72-70-68-66-64-62-60-58-56-54-52-50-48-46-44-35-33-31-29-27-25-23-21-19-17-15-13-11-9-7-2/h8,10,14,16,20,22,26,28,78H,6-7,9,11-13,15,17-19,21,23-25,27,29-77H2,1-5H3/p+1/b10-8-,16-14-,22-20-,28-26-. The lowest BCUT2D eigenvalue weighted by atomic mass is 10.0. The van der Waals surface area contributed by atoms with Gasteiger partial charge in [-0.25, -0.2) is 4.57 Å². The molecule has 0 radical (unpaired) electrons. The number of allylic oxidation sites excluding steroid dienone is 8. The summed E-state index contributed by atoms with van der Waals surface area (Å²) >= 11 is 0. The summed E-state index contributed by atoms with van der Waals surface area (Å²) in [7, 11) is 1.50. The Hall–Kier alpha value is -2.03. The zero-order valence-electron chi connectivity index (χ0n) is 60.7. The van der Waals surface area contributed by atoms with E-state index < -0.39 is 26.5 Å². The first-order chi connectivity index (χ1) is 44.0. The number of phosphoric ester groups is 1. The summed E-state index contributed by atoms with van der Waals surface area (Å²) in [5.74, 6) is -0.771. The molecule has 0 rings (SSSR count). The van der Waals surface area contributed by atoms with Crippen LogP contribution in [0.15, 0.2) is 48.6 Å². The molecule has 0 bridgehead atoms. The van der Waals surface area contributed by atoms with E-state index in [0.29, 0.717) is 23.9 Å². The summed E-state index contributed by atoms with van der Waals surface area (Å²) in [6.07, 6.45) is 94.0. The highest BCUT2D eigenvalue weighted by molar-refractivity contribution is 7.47. The Morgan fingerprint density at radius 2 is 0.633 bits per heavy atom. The topological polar surface area (TPSA) is 108 Å². The van der Waals surface area contributed by atoms with Crippen LogP contribution >= 0.6 is 7.82 Å². The molecule has 0 aromatic heterocycles. The van der Waals surface area contributed by atoms with Crippen LogP contribution in [0.25, 0.3) is 0 Å². The monoisotopic (exact) mass is 1290 g/mol. The molecule has 0 saturated carbocycles. The molecule has 0 aromatic rings. The molecule has 0 aliphatic rings. The number of hydrogen-bond acceptors (Lipinski definition) is 7. The van der Waals surface area contributed by atoms with Gasteiger partial charge in [0.25, 0.3) is 0 Å². The molecule has 1 N–H and O–H groups in total. The van der Waals surface area contributed by atoms with Crippen molar-refractivity contribution in [2.24, 2.45) is 0 Å². The predicted octanol–water partition coefficient (Wildman–Crippen LogP) is 26.0. The van der Waals surface area contributed by atoms with Crippen molar-refractivity contribution < 1.29 is 42.1 Å². The van der Waals surface area contributed by atoms with Crippen LogP contribution in [0.3, 0.4) is 0 Å². The van der Waals surface area contributed by atoms with Gasteiger partial charge in [0.1, 0.15) is 19.8 Å². The molecule has 0 aromatic carbocycles. The number of rotatable bonds is 74. The summed E-state index contributed by atoms with van der Waals surface area (Å²) in [6.45, 7) is 4.40. The van der Waals surface area contributed by atoms with Crippen LogP contribution in [-0.2, 0) is 32.7 Å². The maximum absolute atomic E-state index is 12.9. The predicted molar refractivity (Wildman–Crippen MR) is 390 cm³/mol. The van der Waals surface area contributed by atoms with Crippen molar-refractivity contribution in [1.82, 2.24) is 0 Å². The summed E-state index contributed by atoms with van der Waals surface area (Å²) in [6, 6.07) is 0. The summed E-state index contributed by atoms with van der Waals surface area (Å²) in [5, 5.41) is 0. The number of unbranched alkanes of at least 4 members (excludes halogenated alkanes) is 52. The van der Waals surface area contributed by atoms with Gasteiger partial charge in [-0.2, -0.15) is 0 Å². The normalized spacial score (nSPS) is 13.3. The fourth-order valence-electron chi connectivity index (χ4n) is 11.9. The van der Waals surface area contributed by atoms with E-state index in [1.807, 2.05) is 21.1 Å². The second kappa shape index (κ2) is 71.3. The molecule has 0 spiro atoms. The number of likely N-dealkylation sites (N-methyl/N-ethyl adjacent to an activating group) is 1. The number of esters is 2. The van der Waals surface area contributed by atoms with Gasteiger partial charge in [-0.05, 0) is 51.4 Å². The van der Waals surface area contributed by atoms with E-state index in [1.165, 1.54) is 308 Å². The lowest BCUT2D eigenvalue weighted by molar-refractivity contribution is -0.870. The van der Waals surface area contributed by atoms with Crippen molar-refractivity contribution in [3.8, 4) is 0 Å². The van der Waals surface area contributed by atoms with E-state index in [9.17, 15) is 19.0 Å². The highest BCUT2D eigenvalue weighted by Gasteiger charge is 2.27. The smallest absolute Gasteiger partial charge is 0.462 e. The van der Waals surface area contributed by atoms with Crippen LogP contribution in [0.5, 0.6) is 0 Å². The van der Waals surface area contributed by atoms with Gasteiger partial charge in [-0.3, -0.25) is 18.6 Å². The van der Waals surface area contributed by atoms with E-state index >= 15 is 0 Å². The SMILES string of the molecule is CC/C=C\C/C=C\C/C=C\C/C=C\CCCCCCCCCCCCCCCCCCCCCCCCCCC(=O)OC(COC(=O)CCCCCCCCCCCCCCCCCCCCCCCCCCCCCCC)COP(=O)(O)OCC[N+](C)(C)C. The van der Waals surface area contributed by atoms with E-state index in [4.69, 9.17) is 18.5 Å². The third-order valence-corrected chi connectivity index (χ3v) is 18.9. The average molecular weight is 1290 g/mol. The molecule has 0 fully saturated rings. The molecular weight excluding hydrogens is 1130 g/mol. The number of quaternary nitrogens is 1. The highest BCUT2D eigenvalue weighted by Crippen LogP contribution is 2.43. The number of hydrogen-bond donors (Lipinski definition) is 1. The highest BCUT2D eigenvalue weighted by atomic mass is 31.2. The largest absolute Gasteiger partial charge is 0.472 e. The van der Waals surface area contributed by atoms with Gasteiger partial charge in [0.15, 0.2) is 6.10 Å². The zero-order chi connectivity index (χ0) is 65.5. The van der Waals surface area contributed by atoms with Crippen molar-refractivity contribution in [3.05, 3.63) is 48.6 Å². The minimum atomic E-state index is -4.39. The van der Waals surface area contributed by atoms with Gasteiger partial charge in [0.05, 0.1) is 27.7 Å². The quantitative estimate of drug-likeness (QED) is 0.0211. The molecule has 2 atom stereocenters. The molecule has 0 aliphatic heterocycles. The van der Waals surface area contributed by atoms with Crippen molar-refractivity contribution >= 4 is 19.8 Å². The molecule has 2 unspecified atom stereocenters. The van der Waals surface area contributed by atoms with Crippen LogP contribution in [0.1, 0.15) is 399 Å². The van der Waals surface area contributed by atoms with E-state index in [2.05, 4.69) is 62.5 Å². The first-order valence-corrected chi connectivity index (χ1v) is 40.9. The van der Waals surface area contributed by atoms with E-state index in [0.717, 1.165) is 57.8 Å². The Balaban J connectivity index is 3.91. The molecule has 0 heterocycles. The third kappa shape index (κ3) is 75.0. The minimum Gasteiger partial charge on any atom is -0.462 e. The molecule has 90 heavy (non-hydrogen) atoms. The van der Waals surface area contributed by atoms with E-state index in [1.54, 1.807) is 0 Å². The van der Waals surface area contributed by atoms with Crippen LogP contribution in [0.4, 0.5) is 0 Å².